The lowest BCUT2D eigenvalue weighted by molar-refractivity contribution is -0.155. The normalized spacial score (nSPS) is 23.0. The molecule has 120 valence electrons. The lowest BCUT2D eigenvalue weighted by atomic mass is 9.82. The Morgan fingerprint density at radius 2 is 2.18 bits per heavy atom. The van der Waals surface area contributed by atoms with Gasteiger partial charge in [-0.2, -0.15) is 0 Å². The zero-order valence-electron chi connectivity index (χ0n) is 12.7. The zero-order valence-corrected chi connectivity index (χ0v) is 13.5. The largest absolute Gasteiger partial charge is 0.481 e. The van der Waals surface area contributed by atoms with Crippen LogP contribution in [0.1, 0.15) is 26.7 Å². The summed E-state index contributed by atoms with van der Waals surface area (Å²) in [4.78, 5) is 25.4. The second-order valence-electron chi connectivity index (χ2n) is 5.95. The molecule has 6 heteroatoms. The first-order chi connectivity index (χ1) is 10.3. The lowest BCUT2D eigenvalue weighted by Crippen LogP contribution is -2.51. The van der Waals surface area contributed by atoms with Crippen LogP contribution in [0.3, 0.4) is 0 Å². The van der Waals surface area contributed by atoms with Gasteiger partial charge in [-0.1, -0.05) is 17.7 Å². The van der Waals surface area contributed by atoms with E-state index in [-0.39, 0.29) is 12.5 Å². The number of carbonyl (C=O) groups is 2. The summed E-state index contributed by atoms with van der Waals surface area (Å²) in [7, 11) is 0. The fourth-order valence-corrected chi connectivity index (χ4v) is 2.83. The number of ether oxygens (including phenoxy) is 1. The van der Waals surface area contributed by atoms with Crippen LogP contribution < -0.4 is 4.74 Å². The number of likely N-dealkylation sites (tertiary alicyclic amines) is 1. The standard InChI is InChI=1S/C16H20ClNO4/c1-11(22-13-6-3-5-12(17)9-13)14(19)18-8-4-7-16(2,10-18)15(20)21/h3,5-6,9,11H,4,7-8,10H2,1-2H3,(H,20,21). The summed E-state index contributed by atoms with van der Waals surface area (Å²) < 4.78 is 5.62. The number of carboxylic acid groups (broad SMARTS) is 1. The van der Waals surface area contributed by atoms with Gasteiger partial charge < -0.3 is 14.7 Å². The van der Waals surface area contributed by atoms with Crippen LogP contribution in [0.2, 0.25) is 5.02 Å². The molecule has 5 nitrogen and oxygen atoms in total. The lowest BCUT2D eigenvalue weighted by Gasteiger charge is -2.38. The Balaban J connectivity index is 2.02. The second kappa shape index (κ2) is 6.57. The molecule has 1 aliphatic heterocycles. The Kier molecular flexibility index (Phi) is 4.96. The number of rotatable bonds is 4. The minimum absolute atomic E-state index is 0.202. The van der Waals surface area contributed by atoms with E-state index in [9.17, 15) is 14.7 Å². The molecule has 1 saturated heterocycles. The van der Waals surface area contributed by atoms with Crippen LogP contribution in [-0.4, -0.2) is 41.1 Å². The smallest absolute Gasteiger partial charge is 0.311 e. The molecule has 1 heterocycles. The van der Waals surface area contributed by atoms with Gasteiger partial charge in [-0.05, 0) is 44.9 Å². The number of amides is 1. The third kappa shape index (κ3) is 3.71. The molecule has 0 bridgehead atoms. The van der Waals surface area contributed by atoms with Crippen molar-refractivity contribution in [2.75, 3.05) is 13.1 Å². The second-order valence-corrected chi connectivity index (χ2v) is 6.38. The fraction of sp³-hybridized carbons (Fsp3) is 0.500. The third-order valence-corrected chi connectivity index (χ3v) is 4.22. The van der Waals surface area contributed by atoms with E-state index in [2.05, 4.69) is 0 Å². The first-order valence-corrected chi connectivity index (χ1v) is 7.64. The Labute approximate surface area is 134 Å². The van der Waals surface area contributed by atoms with Crippen LogP contribution in [-0.2, 0) is 9.59 Å². The van der Waals surface area contributed by atoms with Crippen molar-refractivity contribution in [3.63, 3.8) is 0 Å². The summed E-state index contributed by atoms with van der Waals surface area (Å²) in [5, 5.41) is 9.85. The van der Waals surface area contributed by atoms with Crippen LogP contribution in [0.4, 0.5) is 0 Å². The number of hydrogen-bond acceptors (Lipinski definition) is 3. The minimum atomic E-state index is -0.885. The first kappa shape index (κ1) is 16.6. The number of piperidine rings is 1. The van der Waals surface area contributed by atoms with Gasteiger partial charge in [0.25, 0.3) is 5.91 Å². The van der Waals surface area contributed by atoms with Gasteiger partial charge in [0.1, 0.15) is 5.75 Å². The number of halogens is 1. The van der Waals surface area contributed by atoms with Crippen LogP contribution in [0.15, 0.2) is 24.3 Å². The third-order valence-electron chi connectivity index (χ3n) is 3.98. The van der Waals surface area contributed by atoms with Crippen molar-refractivity contribution in [1.82, 2.24) is 4.90 Å². The number of hydrogen-bond donors (Lipinski definition) is 1. The van der Waals surface area contributed by atoms with Crippen molar-refractivity contribution < 1.29 is 19.4 Å². The van der Waals surface area contributed by atoms with Crippen LogP contribution in [0.25, 0.3) is 0 Å². The van der Waals surface area contributed by atoms with Gasteiger partial charge >= 0.3 is 5.97 Å². The van der Waals surface area contributed by atoms with E-state index >= 15 is 0 Å². The summed E-state index contributed by atoms with van der Waals surface area (Å²) in [6.07, 6.45) is 0.572. The Hall–Kier alpha value is -1.75. The molecule has 1 amide bonds. The monoisotopic (exact) mass is 325 g/mol. The Morgan fingerprint density at radius 3 is 2.82 bits per heavy atom. The van der Waals surface area contributed by atoms with E-state index in [1.807, 2.05) is 0 Å². The number of carboxylic acids is 1. The van der Waals surface area contributed by atoms with Crippen molar-refractivity contribution >= 4 is 23.5 Å². The van der Waals surface area contributed by atoms with Gasteiger partial charge in [-0.3, -0.25) is 9.59 Å². The highest BCUT2D eigenvalue weighted by molar-refractivity contribution is 6.30. The molecular formula is C16H20ClNO4. The highest BCUT2D eigenvalue weighted by atomic mass is 35.5. The van der Waals surface area contributed by atoms with E-state index in [4.69, 9.17) is 16.3 Å². The summed E-state index contributed by atoms with van der Waals surface area (Å²) in [5.74, 6) is -0.549. The average molecular weight is 326 g/mol. The molecule has 1 fully saturated rings. The fourth-order valence-electron chi connectivity index (χ4n) is 2.65. The van der Waals surface area contributed by atoms with E-state index in [1.165, 1.54) is 0 Å². The number of aliphatic carboxylic acids is 1. The molecular weight excluding hydrogens is 306 g/mol. The highest BCUT2D eigenvalue weighted by Crippen LogP contribution is 2.30. The van der Waals surface area contributed by atoms with Crippen LogP contribution in [0, 0.1) is 5.41 Å². The van der Waals surface area contributed by atoms with Crippen molar-refractivity contribution in [2.24, 2.45) is 5.41 Å². The summed E-state index contributed by atoms with van der Waals surface area (Å²) in [6, 6.07) is 6.84. The molecule has 0 saturated carbocycles. The summed E-state index contributed by atoms with van der Waals surface area (Å²) in [5.41, 5.74) is -0.885. The molecule has 0 aliphatic carbocycles. The molecule has 1 aromatic rings. The molecule has 0 radical (unpaired) electrons. The maximum atomic E-state index is 12.5. The van der Waals surface area contributed by atoms with Crippen molar-refractivity contribution in [1.29, 1.82) is 0 Å². The van der Waals surface area contributed by atoms with Gasteiger partial charge in [0.05, 0.1) is 5.41 Å². The molecule has 1 aromatic carbocycles. The first-order valence-electron chi connectivity index (χ1n) is 7.26. The van der Waals surface area contributed by atoms with E-state index in [0.717, 1.165) is 0 Å². The van der Waals surface area contributed by atoms with Crippen molar-refractivity contribution in [3.8, 4) is 5.75 Å². The number of nitrogens with zero attached hydrogens (tertiary/aromatic N) is 1. The van der Waals surface area contributed by atoms with Crippen molar-refractivity contribution in [3.05, 3.63) is 29.3 Å². The Bertz CT molecular complexity index is 577. The molecule has 2 unspecified atom stereocenters. The van der Waals surface area contributed by atoms with Crippen LogP contribution in [0.5, 0.6) is 5.75 Å². The highest BCUT2D eigenvalue weighted by Gasteiger charge is 2.40. The SMILES string of the molecule is CC(Oc1cccc(Cl)c1)C(=O)N1CCCC(C)(C(=O)O)C1. The summed E-state index contributed by atoms with van der Waals surface area (Å²) >= 11 is 5.89. The van der Waals surface area contributed by atoms with E-state index in [0.29, 0.717) is 30.2 Å². The predicted molar refractivity (Wildman–Crippen MR) is 83.1 cm³/mol. The zero-order chi connectivity index (χ0) is 16.3. The summed E-state index contributed by atoms with van der Waals surface area (Å²) in [6.45, 7) is 4.11. The van der Waals surface area contributed by atoms with Gasteiger partial charge in [-0.25, -0.2) is 0 Å². The molecule has 2 rings (SSSR count). The Morgan fingerprint density at radius 1 is 1.45 bits per heavy atom. The molecule has 1 aliphatic rings. The number of carbonyl (C=O) groups excluding carboxylic acids is 1. The average Bonchev–Trinajstić information content (AvgIpc) is 2.46. The predicted octanol–water partition coefficient (Wildman–Crippen LogP) is 2.82. The number of benzene rings is 1. The van der Waals surface area contributed by atoms with Gasteiger partial charge in [-0.15, -0.1) is 0 Å². The maximum absolute atomic E-state index is 12.5. The van der Waals surface area contributed by atoms with Crippen LogP contribution >= 0.6 is 11.6 Å². The quantitative estimate of drug-likeness (QED) is 0.924. The van der Waals surface area contributed by atoms with Gasteiger partial charge in [0, 0.05) is 18.1 Å². The van der Waals surface area contributed by atoms with Gasteiger partial charge in [0.15, 0.2) is 6.10 Å². The topological polar surface area (TPSA) is 66.8 Å². The van der Waals surface area contributed by atoms with E-state index < -0.39 is 17.5 Å². The molecule has 1 N–H and O–H groups in total. The molecule has 22 heavy (non-hydrogen) atoms. The van der Waals surface area contributed by atoms with Crippen molar-refractivity contribution in [2.45, 2.75) is 32.8 Å². The maximum Gasteiger partial charge on any atom is 0.311 e. The van der Waals surface area contributed by atoms with Gasteiger partial charge in [0.2, 0.25) is 0 Å². The minimum Gasteiger partial charge on any atom is -0.481 e. The molecule has 2 atom stereocenters. The molecule has 0 aromatic heterocycles. The molecule has 0 spiro atoms. The van der Waals surface area contributed by atoms with E-state index in [1.54, 1.807) is 43.0 Å².